The maximum atomic E-state index is 6.77. The number of nitrogen functional groups attached to an aromatic ring is 1. The van der Waals surface area contributed by atoms with Crippen LogP contribution in [-0.2, 0) is 19.5 Å². The molecule has 0 radical (unpaired) electrons. The van der Waals surface area contributed by atoms with Gasteiger partial charge in [0.15, 0.2) is 5.82 Å². The maximum absolute atomic E-state index is 6.77. The lowest BCUT2D eigenvalue weighted by atomic mass is 10.1. The van der Waals surface area contributed by atoms with Crippen molar-refractivity contribution in [3.8, 4) is 0 Å². The molecular weight excluding hydrogens is 404 g/mol. The van der Waals surface area contributed by atoms with Crippen LogP contribution in [-0.4, -0.2) is 11.5 Å². The zero-order chi connectivity index (χ0) is 23.0. The van der Waals surface area contributed by atoms with E-state index in [4.69, 9.17) is 10.7 Å². The van der Waals surface area contributed by atoms with Gasteiger partial charge in [0, 0.05) is 25.3 Å². The molecule has 0 aliphatic rings. The monoisotopic (exact) mass is 436 g/mol. The van der Waals surface area contributed by atoms with Crippen molar-refractivity contribution < 1.29 is 0 Å². The van der Waals surface area contributed by atoms with E-state index < -0.39 is 0 Å². The fraction of sp³-hybridized carbons (Fsp3) is 0.207. The summed E-state index contributed by atoms with van der Waals surface area (Å²) in [6.07, 6.45) is 0.939. The van der Waals surface area contributed by atoms with E-state index in [0.717, 1.165) is 48.8 Å². The first-order valence-electron chi connectivity index (χ1n) is 11.5. The maximum Gasteiger partial charge on any atom is 0.154 e. The molecule has 0 saturated heterocycles. The van der Waals surface area contributed by atoms with Crippen molar-refractivity contribution in [2.24, 2.45) is 0 Å². The molecule has 0 atom stereocenters. The third kappa shape index (κ3) is 5.72. The summed E-state index contributed by atoms with van der Waals surface area (Å²) in [6.45, 7) is 6.43. The van der Waals surface area contributed by atoms with Crippen LogP contribution in [0.2, 0.25) is 0 Å². The molecular formula is C29H32N4. The molecule has 33 heavy (non-hydrogen) atoms. The fourth-order valence-electron chi connectivity index (χ4n) is 4.06. The Morgan fingerprint density at radius 2 is 1.21 bits per heavy atom. The predicted octanol–water partition coefficient (Wildman–Crippen LogP) is 6.14. The summed E-state index contributed by atoms with van der Waals surface area (Å²) in [7, 11) is 0. The van der Waals surface area contributed by atoms with E-state index in [1.54, 1.807) is 0 Å². The molecule has 0 aliphatic heterocycles. The Morgan fingerprint density at radius 3 is 1.73 bits per heavy atom. The van der Waals surface area contributed by atoms with Crippen molar-refractivity contribution in [3.05, 3.63) is 119 Å². The smallest absolute Gasteiger partial charge is 0.154 e. The van der Waals surface area contributed by atoms with Crippen LogP contribution in [0, 0.1) is 13.8 Å². The molecule has 0 bridgehead atoms. The summed E-state index contributed by atoms with van der Waals surface area (Å²) in [6, 6.07) is 31.5. The summed E-state index contributed by atoms with van der Waals surface area (Å²) in [5.41, 5.74) is 14.3. The number of hydrogen-bond acceptors (Lipinski definition) is 4. The first-order chi connectivity index (χ1) is 16.1. The zero-order valence-corrected chi connectivity index (χ0v) is 19.5. The molecule has 0 unspecified atom stereocenters. The summed E-state index contributed by atoms with van der Waals surface area (Å²) >= 11 is 0. The van der Waals surface area contributed by atoms with E-state index in [0.29, 0.717) is 5.69 Å². The van der Waals surface area contributed by atoms with Gasteiger partial charge in [-0.2, -0.15) is 0 Å². The van der Waals surface area contributed by atoms with E-state index in [1.165, 1.54) is 16.7 Å². The predicted molar refractivity (Wildman–Crippen MR) is 140 cm³/mol. The summed E-state index contributed by atoms with van der Waals surface area (Å²) in [5, 5.41) is 3.60. The van der Waals surface area contributed by atoms with Gasteiger partial charge in [-0.1, -0.05) is 91.0 Å². The Hall–Kier alpha value is -3.79. The van der Waals surface area contributed by atoms with Gasteiger partial charge in [0.2, 0.25) is 0 Å². The molecule has 4 aromatic rings. The average Bonchev–Trinajstić information content (AvgIpc) is 2.85. The van der Waals surface area contributed by atoms with Gasteiger partial charge in [-0.3, -0.25) is 0 Å². The number of nitrogens with one attached hydrogen (secondary N) is 1. The van der Waals surface area contributed by atoms with Crippen molar-refractivity contribution in [2.45, 2.75) is 33.4 Å². The number of rotatable bonds is 9. The summed E-state index contributed by atoms with van der Waals surface area (Å²) < 4.78 is 0. The second-order valence-corrected chi connectivity index (χ2v) is 8.42. The minimum atomic E-state index is 0.707. The number of aryl methyl sites for hydroxylation is 1. The first kappa shape index (κ1) is 22.4. The topological polar surface area (TPSA) is 54.2 Å². The van der Waals surface area contributed by atoms with Crippen molar-refractivity contribution in [2.75, 3.05) is 22.5 Å². The lowest BCUT2D eigenvalue weighted by molar-refractivity contribution is 0.782. The number of aromatic nitrogens is 1. The standard InChI is InChI=1S/C29H32N4/c1-22-23(2)32-29(27(30)28(22)31-19-18-24-12-6-3-7-13-24)33(20-25-14-8-4-9-15-25)21-26-16-10-5-11-17-26/h3-17H,18-21,30H2,1-2H3,(H,31,32). The Bertz CT molecular complexity index is 1120. The van der Waals surface area contributed by atoms with Gasteiger partial charge in [0.1, 0.15) is 0 Å². The normalized spacial score (nSPS) is 10.7. The number of pyridine rings is 1. The molecule has 4 nitrogen and oxygen atoms in total. The largest absolute Gasteiger partial charge is 0.394 e. The fourth-order valence-corrected chi connectivity index (χ4v) is 4.06. The molecule has 4 heteroatoms. The van der Waals surface area contributed by atoms with E-state index in [9.17, 15) is 0 Å². The highest BCUT2D eigenvalue weighted by Gasteiger charge is 2.19. The molecule has 0 amide bonds. The highest BCUT2D eigenvalue weighted by Crippen LogP contribution is 2.35. The minimum absolute atomic E-state index is 0.707. The zero-order valence-electron chi connectivity index (χ0n) is 19.5. The van der Waals surface area contributed by atoms with Gasteiger partial charge in [-0.05, 0) is 42.5 Å². The summed E-state index contributed by atoms with van der Waals surface area (Å²) in [5.74, 6) is 0.827. The molecule has 1 aromatic heterocycles. The van der Waals surface area contributed by atoms with E-state index >= 15 is 0 Å². The Balaban J connectivity index is 1.63. The molecule has 0 saturated carbocycles. The van der Waals surface area contributed by atoms with Gasteiger partial charge in [-0.15, -0.1) is 0 Å². The molecule has 168 valence electrons. The highest BCUT2D eigenvalue weighted by molar-refractivity contribution is 5.81. The quantitative estimate of drug-likeness (QED) is 0.331. The number of anilines is 3. The van der Waals surface area contributed by atoms with Crippen LogP contribution in [0.4, 0.5) is 17.2 Å². The van der Waals surface area contributed by atoms with E-state index in [1.807, 2.05) is 18.2 Å². The number of nitrogens with two attached hydrogens (primary N) is 1. The van der Waals surface area contributed by atoms with Crippen LogP contribution in [0.1, 0.15) is 27.9 Å². The molecule has 0 fully saturated rings. The minimum Gasteiger partial charge on any atom is -0.394 e. The summed E-state index contributed by atoms with van der Waals surface area (Å²) in [4.78, 5) is 7.23. The van der Waals surface area contributed by atoms with E-state index in [-0.39, 0.29) is 0 Å². The van der Waals surface area contributed by atoms with Crippen LogP contribution in [0.3, 0.4) is 0 Å². The highest BCUT2D eigenvalue weighted by atomic mass is 15.2. The first-order valence-corrected chi connectivity index (χ1v) is 11.5. The van der Waals surface area contributed by atoms with Crippen molar-refractivity contribution >= 4 is 17.2 Å². The second kappa shape index (κ2) is 10.7. The van der Waals surface area contributed by atoms with Crippen molar-refractivity contribution in [3.63, 3.8) is 0 Å². The Kier molecular flexibility index (Phi) is 7.26. The van der Waals surface area contributed by atoms with Gasteiger partial charge in [0.05, 0.1) is 11.4 Å². The van der Waals surface area contributed by atoms with Crippen LogP contribution in [0.15, 0.2) is 91.0 Å². The Morgan fingerprint density at radius 1 is 0.727 bits per heavy atom. The third-order valence-corrected chi connectivity index (χ3v) is 5.99. The van der Waals surface area contributed by atoms with E-state index in [2.05, 4.69) is 96.9 Å². The second-order valence-electron chi connectivity index (χ2n) is 8.42. The van der Waals surface area contributed by atoms with Crippen LogP contribution >= 0.6 is 0 Å². The van der Waals surface area contributed by atoms with Crippen LogP contribution in [0.5, 0.6) is 0 Å². The van der Waals surface area contributed by atoms with Gasteiger partial charge >= 0.3 is 0 Å². The molecule has 3 aromatic carbocycles. The van der Waals surface area contributed by atoms with Gasteiger partial charge in [-0.25, -0.2) is 4.98 Å². The Labute approximate surface area is 197 Å². The molecule has 1 heterocycles. The molecule has 0 spiro atoms. The number of benzene rings is 3. The average molecular weight is 437 g/mol. The van der Waals surface area contributed by atoms with Crippen molar-refractivity contribution in [1.29, 1.82) is 0 Å². The molecule has 4 rings (SSSR count). The SMILES string of the molecule is Cc1nc(N(Cc2ccccc2)Cc2ccccc2)c(N)c(NCCc2ccccc2)c1C. The van der Waals surface area contributed by atoms with Gasteiger partial charge < -0.3 is 16.0 Å². The lowest BCUT2D eigenvalue weighted by Crippen LogP contribution is -2.25. The molecule has 3 N–H and O–H groups in total. The molecule has 0 aliphatic carbocycles. The van der Waals surface area contributed by atoms with Crippen LogP contribution < -0.4 is 16.0 Å². The van der Waals surface area contributed by atoms with Crippen LogP contribution in [0.25, 0.3) is 0 Å². The third-order valence-electron chi connectivity index (χ3n) is 5.99. The van der Waals surface area contributed by atoms with Gasteiger partial charge in [0.25, 0.3) is 0 Å². The number of hydrogen-bond donors (Lipinski definition) is 2. The number of nitrogens with zero attached hydrogens (tertiary/aromatic N) is 2. The van der Waals surface area contributed by atoms with Crippen molar-refractivity contribution in [1.82, 2.24) is 4.98 Å². The lowest BCUT2D eigenvalue weighted by Gasteiger charge is -2.28.